The Morgan fingerprint density at radius 3 is 2.81 bits per heavy atom. The molecule has 1 unspecified atom stereocenters. The molecule has 5 heteroatoms. The Morgan fingerprint density at radius 2 is 2.29 bits per heavy atom. The van der Waals surface area contributed by atoms with Gasteiger partial charge in [0.05, 0.1) is 12.7 Å². The van der Waals surface area contributed by atoms with Gasteiger partial charge in [0.25, 0.3) is 5.91 Å². The molecule has 21 heavy (non-hydrogen) atoms. The van der Waals surface area contributed by atoms with Crippen LogP contribution in [-0.2, 0) is 0 Å². The summed E-state index contributed by atoms with van der Waals surface area (Å²) in [5.74, 6) is 0.362. The molecule has 1 fully saturated rings. The molecule has 0 aliphatic carbocycles. The van der Waals surface area contributed by atoms with Gasteiger partial charge in [-0.15, -0.1) is 0 Å². The Morgan fingerprint density at radius 1 is 1.52 bits per heavy atom. The molecule has 116 valence electrons. The minimum atomic E-state index is -0.140. The number of hydrogen-bond donors (Lipinski definition) is 2. The molecule has 1 saturated heterocycles. The second kappa shape index (κ2) is 6.80. The molecule has 0 spiro atoms. The van der Waals surface area contributed by atoms with Crippen LogP contribution in [0.2, 0.25) is 0 Å². The van der Waals surface area contributed by atoms with Crippen molar-refractivity contribution >= 4 is 5.91 Å². The van der Waals surface area contributed by atoms with Crippen LogP contribution < -0.4 is 10.1 Å². The molecule has 1 aromatic carbocycles. The van der Waals surface area contributed by atoms with E-state index in [4.69, 9.17) is 4.74 Å². The summed E-state index contributed by atoms with van der Waals surface area (Å²) in [6.07, 6.45) is 2.24. The number of ether oxygens (including phenoxy) is 1. The average Bonchev–Trinajstić information content (AvgIpc) is 2.96. The fraction of sp³-hybridized carbons (Fsp3) is 0.562. The van der Waals surface area contributed by atoms with Crippen LogP contribution in [0.5, 0.6) is 11.5 Å². The zero-order chi connectivity index (χ0) is 15.4. The number of aromatic hydroxyl groups is 1. The second-order valence-electron chi connectivity index (χ2n) is 5.73. The largest absolute Gasteiger partial charge is 0.507 e. The van der Waals surface area contributed by atoms with Gasteiger partial charge in [0.2, 0.25) is 0 Å². The number of phenols is 1. The van der Waals surface area contributed by atoms with Crippen molar-refractivity contribution < 1.29 is 14.6 Å². The van der Waals surface area contributed by atoms with Gasteiger partial charge in [-0.2, -0.15) is 0 Å². The van der Waals surface area contributed by atoms with E-state index < -0.39 is 0 Å². The SMILES string of the molecule is COc1ccc(C(=O)N(CC2CCCN2)C(C)C)c(O)c1. The van der Waals surface area contributed by atoms with Gasteiger partial charge in [-0.1, -0.05) is 0 Å². The molecule has 1 atom stereocenters. The van der Waals surface area contributed by atoms with Crippen LogP contribution in [0.3, 0.4) is 0 Å². The molecule has 1 amide bonds. The van der Waals surface area contributed by atoms with E-state index in [2.05, 4.69) is 5.32 Å². The Kier molecular flexibility index (Phi) is 5.07. The first-order chi connectivity index (χ1) is 10.0. The zero-order valence-corrected chi connectivity index (χ0v) is 12.9. The molecule has 1 heterocycles. The van der Waals surface area contributed by atoms with E-state index in [1.165, 1.54) is 13.2 Å². The monoisotopic (exact) mass is 292 g/mol. The maximum absolute atomic E-state index is 12.7. The quantitative estimate of drug-likeness (QED) is 0.871. The number of hydrogen-bond acceptors (Lipinski definition) is 4. The van der Waals surface area contributed by atoms with E-state index in [9.17, 15) is 9.90 Å². The van der Waals surface area contributed by atoms with Crippen molar-refractivity contribution in [2.45, 2.75) is 38.8 Å². The zero-order valence-electron chi connectivity index (χ0n) is 12.9. The third-order valence-corrected chi connectivity index (χ3v) is 3.90. The number of carbonyl (C=O) groups is 1. The molecule has 0 radical (unpaired) electrons. The number of carbonyl (C=O) groups excluding carboxylic acids is 1. The molecule has 1 aliphatic heterocycles. The standard InChI is InChI=1S/C16H24N2O3/c1-11(2)18(10-12-5-4-8-17-12)16(20)14-7-6-13(21-3)9-15(14)19/h6-7,9,11-12,17,19H,4-5,8,10H2,1-3H3. The number of benzene rings is 1. The first kappa shape index (κ1) is 15.6. The van der Waals surface area contributed by atoms with Crippen LogP contribution >= 0.6 is 0 Å². The maximum atomic E-state index is 12.7. The summed E-state index contributed by atoms with van der Waals surface area (Å²) < 4.78 is 5.05. The highest BCUT2D eigenvalue weighted by Crippen LogP contribution is 2.25. The molecule has 2 N–H and O–H groups in total. The van der Waals surface area contributed by atoms with Gasteiger partial charge in [0, 0.05) is 24.7 Å². The second-order valence-corrected chi connectivity index (χ2v) is 5.73. The van der Waals surface area contributed by atoms with E-state index >= 15 is 0 Å². The van der Waals surface area contributed by atoms with Crippen molar-refractivity contribution in [1.82, 2.24) is 10.2 Å². The van der Waals surface area contributed by atoms with Crippen LogP contribution in [0.15, 0.2) is 18.2 Å². The summed E-state index contributed by atoms with van der Waals surface area (Å²) in [7, 11) is 1.53. The average molecular weight is 292 g/mol. The van der Waals surface area contributed by atoms with Crippen molar-refractivity contribution in [3.05, 3.63) is 23.8 Å². The van der Waals surface area contributed by atoms with Gasteiger partial charge in [-0.05, 0) is 45.4 Å². The van der Waals surface area contributed by atoms with E-state index in [0.717, 1.165) is 19.4 Å². The van der Waals surface area contributed by atoms with Crippen molar-refractivity contribution in [3.63, 3.8) is 0 Å². The van der Waals surface area contributed by atoms with Crippen molar-refractivity contribution in [2.24, 2.45) is 0 Å². The van der Waals surface area contributed by atoms with E-state index in [0.29, 0.717) is 23.9 Å². The summed E-state index contributed by atoms with van der Waals surface area (Å²) in [4.78, 5) is 14.5. The van der Waals surface area contributed by atoms with Gasteiger partial charge in [-0.25, -0.2) is 0 Å². The first-order valence-corrected chi connectivity index (χ1v) is 7.44. The molecular formula is C16H24N2O3. The number of methoxy groups -OCH3 is 1. The van der Waals surface area contributed by atoms with Crippen LogP contribution in [-0.4, -0.2) is 48.2 Å². The minimum absolute atomic E-state index is 0.0376. The predicted octanol–water partition coefficient (Wildman–Crippen LogP) is 2.00. The topological polar surface area (TPSA) is 61.8 Å². The van der Waals surface area contributed by atoms with Crippen LogP contribution in [0.25, 0.3) is 0 Å². The molecule has 0 bridgehead atoms. The van der Waals surface area contributed by atoms with Gasteiger partial charge >= 0.3 is 0 Å². The van der Waals surface area contributed by atoms with Crippen LogP contribution in [0.1, 0.15) is 37.0 Å². The Labute approximate surface area is 125 Å². The smallest absolute Gasteiger partial charge is 0.257 e. The number of nitrogens with one attached hydrogen (secondary N) is 1. The Bertz CT molecular complexity index is 496. The molecule has 5 nitrogen and oxygen atoms in total. The number of nitrogens with zero attached hydrogens (tertiary/aromatic N) is 1. The lowest BCUT2D eigenvalue weighted by Crippen LogP contribution is -2.44. The summed E-state index contributed by atoms with van der Waals surface area (Å²) in [5, 5.41) is 13.4. The lowest BCUT2D eigenvalue weighted by Gasteiger charge is -2.30. The Balaban J connectivity index is 2.17. The summed E-state index contributed by atoms with van der Waals surface area (Å²) in [5.41, 5.74) is 0.322. The fourth-order valence-electron chi connectivity index (χ4n) is 2.65. The van der Waals surface area contributed by atoms with Crippen LogP contribution in [0.4, 0.5) is 0 Å². The lowest BCUT2D eigenvalue weighted by molar-refractivity contribution is 0.0686. The van der Waals surface area contributed by atoms with Gasteiger partial charge in [-0.3, -0.25) is 4.79 Å². The number of amides is 1. The normalized spacial score (nSPS) is 18.0. The number of rotatable bonds is 5. The summed E-state index contributed by atoms with van der Waals surface area (Å²) in [6, 6.07) is 5.21. The molecule has 2 rings (SSSR count). The molecular weight excluding hydrogens is 268 g/mol. The molecule has 0 saturated carbocycles. The number of phenolic OH excluding ortho intramolecular Hbond substituents is 1. The maximum Gasteiger partial charge on any atom is 0.257 e. The molecule has 0 aromatic heterocycles. The molecule has 1 aliphatic rings. The summed E-state index contributed by atoms with van der Waals surface area (Å²) in [6.45, 7) is 5.67. The third kappa shape index (κ3) is 3.67. The highest BCUT2D eigenvalue weighted by atomic mass is 16.5. The van der Waals surface area contributed by atoms with E-state index in [1.807, 2.05) is 18.7 Å². The first-order valence-electron chi connectivity index (χ1n) is 7.44. The molecule has 1 aromatic rings. The van der Waals surface area contributed by atoms with Gasteiger partial charge in [0.1, 0.15) is 11.5 Å². The van der Waals surface area contributed by atoms with Gasteiger partial charge in [0.15, 0.2) is 0 Å². The van der Waals surface area contributed by atoms with E-state index in [1.54, 1.807) is 12.1 Å². The van der Waals surface area contributed by atoms with E-state index in [-0.39, 0.29) is 17.7 Å². The lowest BCUT2D eigenvalue weighted by atomic mass is 10.1. The summed E-state index contributed by atoms with van der Waals surface area (Å²) >= 11 is 0. The van der Waals surface area contributed by atoms with Crippen molar-refractivity contribution in [1.29, 1.82) is 0 Å². The van der Waals surface area contributed by atoms with Crippen LogP contribution in [0, 0.1) is 0 Å². The van der Waals surface area contributed by atoms with Crippen molar-refractivity contribution in [2.75, 3.05) is 20.2 Å². The van der Waals surface area contributed by atoms with Crippen molar-refractivity contribution in [3.8, 4) is 11.5 Å². The Hall–Kier alpha value is -1.75. The fourth-order valence-corrected chi connectivity index (χ4v) is 2.65. The highest BCUT2D eigenvalue weighted by molar-refractivity contribution is 5.97. The minimum Gasteiger partial charge on any atom is -0.507 e. The predicted molar refractivity (Wildman–Crippen MR) is 81.9 cm³/mol. The highest BCUT2D eigenvalue weighted by Gasteiger charge is 2.26. The third-order valence-electron chi connectivity index (χ3n) is 3.90. The van der Waals surface area contributed by atoms with Gasteiger partial charge < -0.3 is 20.1 Å².